The summed E-state index contributed by atoms with van der Waals surface area (Å²) >= 11 is 6.22. The number of nitrogen functional groups attached to an aromatic ring is 1. The summed E-state index contributed by atoms with van der Waals surface area (Å²) in [4.78, 5) is 4.63. The van der Waals surface area contributed by atoms with Crippen LogP contribution in [0, 0.1) is 0 Å². The van der Waals surface area contributed by atoms with Crippen LogP contribution in [0.5, 0.6) is 0 Å². The lowest BCUT2D eigenvalue weighted by Gasteiger charge is -2.27. The maximum absolute atomic E-state index is 6.22. The number of nitrogens with two attached hydrogens (primary N) is 1. The predicted molar refractivity (Wildman–Crippen MR) is 69.9 cm³/mol. The third-order valence-electron chi connectivity index (χ3n) is 2.94. The molecule has 16 heavy (non-hydrogen) atoms. The van der Waals surface area contributed by atoms with E-state index in [1.165, 1.54) is 12.8 Å². The van der Waals surface area contributed by atoms with Gasteiger partial charge < -0.3 is 10.6 Å². The van der Waals surface area contributed by atoms with Gasteiger partial charge in [-0.05, 0) is 44.6 Å². The molecule has 3 nitrogen and oxygen atoms in total. The maximum Gasteiger partial charge on any atom is 0.0705 e. The average Bonchev–Trinajstić information content (AvgIpc) is 2.43. The average molecular weight is 240 g/mol. The number of halogens is 1. The molecule has 0 aromatic heterocycles. The topological polar surface area (TPSA) is 32.5 Å². The van der Waals surface area contributed by atoms with E-state index in [0.29, 0.717) is 0 Å². The van der Waals surface area contributed by atoms with Gasteiger partial charge in [-0.1, -0.05) is 11.6 Å². The molecule has 0 saturated carbocycles. The largest absolute Gasteiger partial charge is 0.399 e. The first-order valence-corrected chi connectivity index (χ1v) is 6.03. The van der Waals surface area contributed by atoms with Crippen molar-refractivity contribution in [3.63, 3.8) is 0 Å². The number of rotatable bonds is 1. The lowest BCUT2D eigenvalue weighted by Crippen LogP contribution is -2.33. The highest BCUT2D eigenvalue weighted by atomic mass is 35.5. The fourth-order valence-corrected chi connectivity index (χ4v) is 2.40. The predicted octanol–water partition coefficient (Wildman–Crippen LogP) is 2.41. The normalized spacial score (nSPS) is 18.5. The Morgan fingerprint density at radius 3 is 2.75 bits per heavy atom. The van der Waals surface area contributed by atoms with Crippen molar-refractivity contribution in [3.8, 4) is 0 Å². The molecule has 1 aliphatic heterocycles. The molecule has 1 aliphatic rings. The SMILES string of the molecule is CN1CCCCN(c2ccc(N)cc2Cl)C1. The Labute approximate surface area is 102 Å². The van der Waals surface area contributed by atoms with Crippen LogP contribution in [0.4, 0.5) is 11.4 Å². The van der Waals surface area contributed by atoms with Crippen molar-refractivity contribution in [2.75, 3.05) is 37.4 Å². The molecule has 0 spiro atoms. The number of nitrogens with zero attached hydrogens (tertiary/aromatic N) is 2. The molecule has 1 aromatic carbocycles. The van der Waals surface area contributed by atoms with Crippen molar-refractivity contribution < 1.29 is 0 Å². The Morgan fingerprint density at radius 2 is 2.00 bits per heavy atom. The Hall–Kier alpha value is -0.930. The van der Waals surface area contributed by atoms with Crippen LogP contribution in [0.2, 0.25) is 5.02 Å². The van der Waals surface area contributed by atoms with Gasteiger partial charge in [-0.2, -0.15) is 0 Å². The molecule has 0 bridgehead atoms. The van der Waals surface area contributed by atoms with Gasteiger partial charge in [-0.3, -0.25) is 4.90 Å². The highest BCUT2D eigenvalue weighted by molar-refractivity contribution is 6.33. The third kappa shape index (κ3) is 2.60. The van der Waals surface area contributed by atoms with Gasteiger partial charge in [0.15, 0.2) is 0 Å². The highest BCUT2D eigenvalue weighted by Crippen LogP contribution is 2.28. The van der Waals surface area contributed by atoms with Crippen molar-refractivity contribution in [3.05, 3.63) is 23.2 Å². The third-order valence-corrected chi connectivity index (χ3v) is 3.25. The van der Waals surface area contributed by atoms with E-state index in [1.807, 2.05) is 18.2 Å². The van der Waals surface area contributed by atoms with Crippen LogP contribution < -0.4 is 10.6 Å². The zero-order valence-corrected chi connectivity index (χ0v) is 10.4. The molecule has 2 rings (SSSR count). The molecule has 4 heteroatoms. The van der Waals surface area contributed by atoms with Gasteiger partial charge >= 0.3 is 0 Å². The highest BCUT2D eigenvalue weighted by Gasteiger charge is 2.15. The Bertz CT molecular complexity index is 367. The molecule has 1 fully saturated rings. The summed E-state index contributed by atoms with van der Waals surface area (Å²) in [6.45, 7) is 3.15. The fraction of sp³-hybridized carbons (Fsp3) is 0.500. The number of anilines is 2. The van der Waals surface area contributed by atoms with E-state index in [4.69, 9.17) is 17.3 Å². The minimum Gasteiger partial charge on any atom is -0.399 e. The van der Waals surface area contributed by atoms with Gasteiger partial charge in [0.2, 0.25) is 0 Å². The van der Waals surface area contributed by atoms with E-state index >= 15 is 0 Å². The van der Waals surface area contributed by atoms with Crippen molar-refractivity contribution >= 4 is 23.0 Å². The zero-order chi connectivity index (χ0) is 11.5. The molecule has 0 amide bonds. The molecular weight excluding hydrogens is 222 g/mol. The van der Waals surface area contributed by atoms with E-state index in [1.54, 1.807) is 0 Å². The standard InChI is InChI=1S/C12H18ClN3/c1-15-6-2-3-7-16(9-15)12-5-4-10(14)8-11(12)13/h4-5,8H,2-3,6-7,9,14H2,1H3. The second-order valence-corrected chi connectivity index (χ2v) is 4.81. The van der Waals surface area contributed by atoms with Gasteiger partial charge in [-0.25, -0.2) is 0 Å². The monoisotopic (exact) mass is 239 g/mol. The molecule has 0 unspecified atom stereocenters. The summed E-state index contributed by atoms with van der Waals surface area (Å²) in [5.74, 6) is 0. The molecular formula is C12H18ClN3. The number of benzene rings is 1. The molecule has 0 atom stereocenters. The zero-order valence-electron chi connectivity index (χ0n) is 9.62. The summed E-state index contributed by atoms with van der Waals surface area (Å²) in [7, 11) is 2.14. The van der Waals surface area contributed by atoms with E-state index in [0.717, 1.165) is 36.2 Å². The van der Waals surface area contributed by atoms with Crippen LogP contribution in [0.1, 0.15) is 12.8 Å². The first-order chi connectivity index (χ1) is 7.66. The van der Waals surface area contributed by atoms with Crippen LogP contribution >= 0.6 is 11.6 Å². The lowest BCUT2D eigenvalue weighted by molar-refractivity contribution is 0.350. The first kappa shape index (κ1) is 11.6. The molecule has 0 radical (unpaired) electrons. The van der Waals surface area contributed by atoms with Crippen LogP contribution in [0.15, 0.2) is 18.2 Å². The summed E-state index contributed by atoms with van der Waals surface area (Å²) in [5, 5.41) is 0.746. The smallest absolute Gasteiger partial charge is 0.0705 e. The molecule has 1 saturated heterocycles. The summed E-state index contributed by atoms with van der Waals surface area (Å²) in [6, 6.07) is 5.74. The van der Waals surface area contributed by atoms with Gasteiger partial charge in [0.25, 0.3) is 0 Å². The van der Waals surface area contributed by atoms with Crippen molar-refractivity contribution in [2.45, 2.75) is 12.8 Å². The van der Waals surface area contributed by atoms with Crippen LogP contribution in [-0.4, -0.2) is 31.7 Å². The molecule has 0 aliphatic carbocycles. The molecule has 2 N–H and O–H groups in total. The van der Waals surface area contributed by atoms with Crippen molar-refractivity contribution in [2.24, 2.45) is 0 Å². The van der Waals surface area contributed by atoms with Crippen LogP contribution in [-0.2, 0) is 0 Å². The maximum atomic E-state index is 6.22. The minimum atomic E-state index is 0.719. The minimum absolute atomic E-state index is 0.719. The van der Waals surface area contributed by atoms with Gasteiger partial charge in [0, 0.05) is 12.2 Å². The Morgan fingerprint density at radius 1 is 1.25 bits per heavy atom. The van der Waals surface area contributed by atoms with Gasteiger partial charge in [0.1, 0.15) is 0 Å². The second kappa shape index (κ2) is 4.93. The van der Waals surface area contributed by atoms with Crippen LogP contribution in [0.3, 0.4) is 0 Å². The number of hydrogen-bond acceptors (Lipinski definition) is 3. The van der Waals surface area contributed by atoms with Gasteiger partial charge in [0.05, 0.1) is 17.4 Å². The fourth-order valence-electron chi connectivity index (χ4n) is 2.09. The molecule has 1 heterocycles. The summed E-state index contributed by atoms with van der Waals surface area (Å²) < 4.78 is 0. The van der Waals surface area contributed by atoms with Crippen molar-refractivity contribution in [1.29, 1.82) is 0 Å². The van der Waals surface area contributed by atoms with E-state index < -0.39 is 0 Å². The molecule has 1 aromatic rings. The molecule has 88 valence electrons. The van der Waals surface area contributed by atoms with E-state index in [-0.39, 0.29) is 0 Å². The second-order valence-electron chi connectivity index (χ2n) is 4.40. The number of hydrogen-bond donors (Lipinski definition) is 1. The van der Waals surface area contributed by atoms with Gasteiger partial charge in [-0.15, -0.1) is 0 Å². The Kier molecular flexibility index (Phi) is 3.56. The lowest BCUT2D eigenvalue weighted by atomic mass is 10.2. The Balaban J connectivity index is 2.21. The quantitative estimate of drug-likeness (QED) is 0.764. The van der Waals surface area contributed by atoms with E-state index in [9.17, 15) is 0 Å². The van der Waals surface area contributed by atoms with E-state index in [2.05, 4.69) is 16.8 Å². The summed E-state index contributed by atoms with van der Waals surface area (Å²) in [6.07, 6.45) is 2.46. The van der Waals surface area contributed by atoms with Crippen LogP contribution in [0.25, 0.3) is 0 Å². The van der Waals surface area contributed by atoms with Crippen molar-refractivity contribution in [1.82, 2.24) is 4.90 Å². The first-order valence-electron chi connectivity index (χ1n) is 5.65. The summed E-state index contributed by atoms with van der Waals surface area (Å²) in [5.41, 5.74) is 7.51.